The van der Waals surface area contributed by atoms with Gasteiger partial charge < -0.3 is 10.2 Å². The summed E-state index contributed by atoms with van der Waals surface area (Å²) >= 11 is 0. The molecule has 1 aliphatic rings. The molecule has 2 rings (SSSR count). The molecule has 6 heteroatoms. The van der Waals surface area contributed by atoms with Crippen LogP contribution in [0.1, 0.15) is 12.5 Å². The van der Waals surface area contributed by atoms with Crippen molar-refractivity contribution in [2.24, 2.45) is 5.92 Å². The first-order chi connectivity index (χ1) is 10.2. The Morgan fingerprint density at radius 2 is 1.74 bits per heavy atom. The number of piperazine rings is 1. The summed E-state index contributed by atoms with van der Waals surface area (Å²) in [4.78, 5) is 16.7. The minimum absolute atomic E-state index is 0. The van der Waals surface area contributed by atoms with Crippen LogP contribution in [0.5, 0.6) is 0 Å². The fourth-order valence-electron chi connectivity index (χ4n) is 2.83. The number of amides is 1. The van der Waals surface area contributed by atoms with Gasteiger partial charge in [0.25, 0.3) is 0 Å². The number of nitrogens with zero attached hydrogens (tertiary/aromatic N) is 2. The summed E-state index contributed by atoms with van der Waals surface area (Å²) in [6.45, 7) is 7.55. The van der Waals surface area contributed by atoms with Gasteiger partial charge in [0, 0.05) is 45.2 Å². The third kappa shape index (κ3) is 7.08. The number of rotatable bonds is 6. The lowest BCUT2D eigenvalue weighted by Gasteiger charge is -2.36. The zero-order valence-electron chi connectivity index (χ0n) is 14.0. The SMILES string of the molecule is CNCC(C)C(=O)N1CCN(CCc2ccccc2)CC1.Cl.Cl. The summed E-state index contributed by atoms with van der Waals surface area (Å²) in [6, 6.07) is 10.6. The topological polar surface area (TPSA) is 35.6 Å². The minimum Gasteiger partial charge on any atom is -0.340 e. The molecule has 1 aliphatic heterocycles. The number of benzene rings is 1. The molecule has 1 N–H and O–H groups in total. The number of carbonyl (C=O) groups excluding carboxylic acids is 1. The number of hydrogen-bond donors (Lipinski definition) is 1. The lowest BCUT2D eigenvalue weighted by molar-refractivity contribution is -0.136. The van der Waals surface area contributed by atoms with E-state index in [2.05, 4.69) is 40.5 Å². The highest BCUT2D eigenvalue weighted by molar-refractivity contribution is 5.85. The minimum atomic E-state index is 0. The quantitative estimate of drug-likeness (QED) is 0.842. The second-order valence-electron chi connectivity index (χ2n) is 5.86. The third-order valence-corrected chi connectivity index (χ3v) is 4.18. The first-order valence-corrected chi connectivity index (χ1v) is 7.90. The van der Waals surface area contributed by atoms with Gasteiger partial charge in [0.15, 0.2) is 0 Å². The Hall–Kier alpha value is -0.810. The standard InChI is InChI=1S/C17H27N3O.2ClH/c1-15(14-18-2)17(21)20-12-10-19(11-13-20)9-8-16-6-4-3-5-7-16;;/h3-7,15,18H,8-14H2,1-2H3;2*1H. The summed E-state index contributed by atoms with van der Waals surface area (Å²) in [5.74, 6) is 0.359. The Bertz CT molecular complexity index is 437. The Kier molecular flexibility index (Phi) is 11.3. The number of hydrogen-bond acceptors (Lipinski definition) is 3. The predicted molar refractivity (Wildman–Crippen MR) is 101 cm³/mol. The lowest BCUT2D eigenvalue weighted by atomic mass is 10.1. The summed E-state index contributed by atoms with van der Waals surface area (Å²) in [5.41, 5.74) is 1.39. The predicted octanol–water partition coefficient (Wildman–Crippen LogP) is 2.07. The second-order valence-corrected chi connectivity index (χ2v) is 5.86. The molecular formula is C17H29Cl2N3O. The van der Waals surface area contributed by atoms with Gasteiger partial charge >= 0.3 is 0 Å². The molecule has 0 aromatic heterocycles. The summed E-state index contributed by atoms with van der Waals surface area (Å²) in [6.07, 6.45) is 1.09. The van der Waals surface area contributed by atoms with E-state index < -0.39 is 0 Å². The van der Waals surface area contributed by atoms with Gasteiger partial charge in [0.05, 0.1) is 0 Å². The maximum Gasteiger partial charge on any atom is 0.226 e. The van der Waals surface area contributed by atoms with Crippen molar-refractivity contribution in [1.29, 1.82) is 0 Å². The molecule has 0 spiro atoms. The van der Waals surface area contributed by atoms with E-state index in [1.54, 1.807) is 0 Å². The van der Waals surface area contributed by atoms with E-state index in [0.717, 1.165) is 45.7 Å². The lowest BCUT2D eigenvalue weighted by Crippen LogP contribution is -2.51. The van der Waals surface area contributed by atoms with Gasteiger partial charge in [0.1, 0.15) is 0 Å². The van der Waals surface area contributed by atoms with Crippen LogP contribution in [0.4, 0.5) is 0 Å². The van der Waals surface area contributed by atoms with Crippen LogP contribution in [0.2, 0.25) is 0 Å². The van der Waals surface area contributed by atoms with Crippen molar-refractivity contribution < 1.29 is 4.79 Å². The Morgan fingerprint density at radius 3 is 2.30 bits per heavy atom. The molecule has 4 nitrogen and oxygen atoms in total. The van der Waals surface area contributed by atoms with Crippen LogP contribution >= 0.6 is 24.8 Å². The highest BCUT2D eigenvalue weighted by atomic mass is 35.5. The van der Waals surface area contributed by atoms with Crippen molar-refractivity contribution in [2.75, 3.05) is 46.3 Å². The molecular weight excluding hydrogens is 333 g/mol. The van der Waals surface area contributed by atoms with Gasteiger partial charge in [0.2, 0.25) is 5.91 Å². The number of nitrogens with one attached hydrogen (secondary N) is 1. The molecule has 0 saturated carbocycles. The molecule has 23 heavy (non-hydrogen) atoms. The number of halogens is 2. The largest absolute Gasteiger partial charge is 0.340 e. The fourth-order valence-corrected chi connectivity index (χ4v) is 2.83. The van der Waals surface area contributed by atoms with Crippen molar-refractivity contribution in [1.82, 2.24) is 15.1 Å². The smallest absolute Gasteiger partial charge is 0.226 e. The maximum atomic E-state index is 12.2. The van der Waals surface area contributed by atoms with Crippen molar-refractivity contribution in [3.8, 4) is 0 Å². The molecule has 1 heterocycles. The van der Waals surface area contributed by atoms with Crippen LogP contribution in [0.25, 0.3) is 0 Å². The molecule has 1 atom stereocenters. The molecule has 1 amide bonds. The normalized spacial score (nSPS) is 16.2. The van der Waals surface area contributed by atoms with Gasteiger partial charge in [-0.05, 0) is 19.0 Å². The van der Waals surface area contributed by atoms with E-state index in [9.17, 15) is 4.79 Å². The van der Waals surface area contributed by atoms with Crippen molar-refractivity contribution in [3.05, 3.63) is 35.9 Å². The maximum absolute atomic E-state index is 12.2. The highest BCUT2D eigenvalue weighted by Crippen LogP contribution is 2.08. The van der Waals surface area contributed by atoms with Gasteiger partial charge in [-0.3, -0.25) is 9.69 Å². The molecule has 1 unspecified atom stereocenters. The van der Waals surface area contributed by atoms with Crippen molar-refractivity contribution in [2.45, 2.75) is 13.3 Å². The summed E-state index contributed by atoms with van der Waals surface area (Å²) < 4.78 is 0. The zero-order chi connectivity index (χ0) is 15.1. The number of carbonyl (C=O) groups is 1. The molecule has 1 fully saturated rings. The summed E-state index contributed by atoms with van der Waals surface area (Å²) in [7, 11) is 1.89. The highest BCUT2D eigenvalue weighted by Gasteiger charge is 2.24. The van der Waals surface area contributed by atoms with Crippen LogP contribution in [0, 0.1) is 5.92 Å². The van der Waals surface area contributed by atoms with Crippen LogP contribution in [-0.2, 0) is 11.2 Å². The van der Waals surface area contributed by atoms with E-state index in [-0.39, 0.29) is 36.6 Å². The van der Waals surface area contributed by atoms with Gasteiger partial charge in [-0.2, -0.15) is 0 Å². The zero-order valence-corrected chi connectivity index (χ0v) is 15.7. The van der Waals surface area contributed by atoms with Crippen LogP contribution in [0.15, 0.2) is 30.3 Å². The Labute approximate surface area is 152 Å². The van der Waals surface area contributed by atoms with Crippen LogP contribution in [-0.4, -0.2) is 62.0 Å². The molecule has 0 aliphatic carbocycles. The Morgan fingerprint density at radius 1 is 1.13 bits per heavy atom. The fraction of sp³-hybridized carbons (Fsp3) is 0.588. The summed E-state index contributed by atoms with van der Waals surface area (Å²) in [5, 5.41) is 3.08. The first-order valence-electron chi connectivity index (χ1n) is 7.90. The monoisotopic (exact) mass is 361 g/mol. The Balaban J connectivity index is 0.00000242. The van der Waals surface area contributed by atoms with E-state index in [4.69, 9.17) is 0 Å². The van der Waals surface area contributed by atoms with E-state index >= 15 is 0 Å². The van der Waals surface area contributed by atoms with E-state index in [0.29, 0.717) is 0 Å². The van der Waals surface area contributed by atoms with Crippen LogP contribution in [0.3, 0.4) is 0 Å². The molecule has 1 aromatic rings. The second kappa shape index (κ2) is 11.7. The van der Waals surface area contributed by atoms with Crippen molar-refractivity contribution in [3.63, 3.8) is 0 Å². The average molecular weight is 362 g/mol. The molecule has 1 aromatic carbocycles. The average Bonchev–Trinajstić information content (AvgIpc) is 2.54. The van der Waals surface area contributed by atoms with Gasteiger partial charge in [-0.15, -0.1) is 24.8 Å². The van der Waals surface area contributed by atoms with Crippen LogP contribution < -0.4 is 5.32 Å². The molecule has 1 saturated heterocycles. The van der Waals surface area contributed by atoms with Crippen molar-refractivity contribution >= 4 is 30.7 Å². The molecule has 0 radical (unpaired) electrons. The van der Waals surface area contributed by atoms with E-state index in [1.165, 1.54) is 5.56 Å². The molecule has 132 valence electrons. The van der Waals surface area contributed by atoms with Gasteiger partial charge in [-0.25, -0.2) is 0 Å². The molecule has 0 bridgehead atoms. The first kappa shape index (κ1) is 22.2. The van der Waals surface area contributed by atoms with E-state index in [1.807, 2.05) is 18.9 Å². The van der Waals surface area contributed by atoms with Gasteiger partial charge in [-0.1, -0.05) is 37.3 Å². The third-order valence-electron chi connectivity index (χ3n) is 4.18.